The Morgan fingerprint density at radius 1 is 0.912 bits per heavy atom. The summed E-state index contributed by atoms with van der Waals surface area (Å²) >= 11 is 0. The van der Waals surface area contributed by atoms with Crippen LogP contribution in [-0.2, 0) is 24.5 Å². The lowest BCUT2D eigenvalue weighted by molar-refractivity contribution is -0.128. The Balaban J connectivity index is 1.51. The van der Waals surface area contributed by atoms with E-state index in [2.05, 4.69) is 0 Å². The van der Waals surface area contributed by atoms with Gasteiger partial charge in [0.1, 0.15) is 6.29 Å². The maximum Gasteiger partial charge on any atom is 0.338 e. The first-order chi connectivity index (χ1) is 16.5. The summed E-state index contributed by atoms with van der Waals surface area (Å²) in [6.45, 7) is 1.98. The Labute approximate surface area is 196 Å². The van der Waals surface area contributed by atoms with Gasteiger partial charge in [0.25, 0.3) is 0 Å². The third kappa shape index (κ3) is 2.40. The second kappa shape index (κ2) is 7.22. The van der Waals surface area contributed by atoms with Crippen molar-refractivity contribution < 1.29 is 23.9 Å². The van der Waals surface area contributed by atoms with Crippen molar-refractivity contribution in [2.45, 2.75) is 18.3 Å². The lowest BCUT2D eigenvalue weighted by Gasteiger charge is -2.51. The molecule has 168 valence electrons. The average molecular weight is 451 g/mol. The molecule has 1 heterocycles. The molecule has 7 rings (SSSR count). The summed E-state index contributed by atoms with van der Waals surface area (Å²) < 4.78 is 5.02. The summed E-state index contributed by atoms with van der Waals surface area (Å²) in [5, 5.41) is 0. The predicted octanol–water partition coefficient (Wildman–Crippen LogP) is 3.61. The maximum atomic E-state index is 13.9. The lowest BCUT2D eigenvalue weighted by Crippen LogP contribution is -2.54. The Hall–Kier alpha value is -4.06. The SMILES string of the molecule is CCOC(=O)c1ccc(N2C(=O)[C@@H]3[C@@H](C2=O)C2c4ccccc4C3(C=O)c3ccccc32)cc1. The van der Waals surface area contributed by atoms with Crippen LogP contribution >= 0.6 is 0 Å². The van der Waals surface area contributed by atoms with E-state index in [0.717, 1.165) is 28.5 Å². The number of carbonyl (C=O) groups is 4. The molecule has 3 aromatic rings. The van der Waals surface area contributed by atoms with Crippen molar-refractivity contribution in [2.75, 3.05) is 11.5 Å². The number of carbonyl (C=O) groups excluding carboxylic acids is 4. The minimum Gasteiger partial charge on any atom is -0.462 e. The molecule has 0 spiro atoms. The highest BCUT2D eigenvalue weighted by molar-refractivity contribution is 6.24. The van der Waals surface area contributed by atoms with Crippen molar-refractivity contribution >= 4 is 29.8 Å². The van der Waals surface area contributed by atoms with E-state index in [0.29, 0.717) is 11.3 Å². The first-order valence-electron chi connectivity index (χ1n) is 11.3. The highest BCUT2D eigenvalue weighted by Crippen LogP contribution is 2.63. The van der Waals surface area contributed by atoms with Gasteiger partial charge < -0.3 is 9.53 Å². The molecule has 1 fully saturated rings. The van der Waals surface area contributed by atoms with Crippen LogP contribution in [0, 0.1) is 11.8 Å². The topological polar surface area (TPSA) is 80.8 Å². The van der Waals surface area contributed by atoms with Crippen LogP contribution in [0.2, 0.25) is 0 Å². The fourth-order valence-electron chi connectivity index (χ4n) is 6.25. The number of hydrogen-bond acceptors (Lipinski definition) is 5. The molecule has 0 unspecified atom stereocenters. The van der Waals surface area contributed by atoms with E-state index in [4.69, 9.17) is 4.74 Å². The standard InChI is InChI=1S/C28H21NO5/c1-2-34-27(33)16-11-13-17(14-12-16)29-25(31)23-22-18-7-3-5-9-20(18)28(15-30,24(23)26(29)32)21-10-6-4-8-19(21)22/h3-15,22-24H,2H2,1H3/t22?,23-,24-,28?/m0/s1. The molecule has 3 aliphatic carbocycles. The van der Waals surface area contributed by atoms with Gasteiger partial charge in [-0.3, -0.25) is 9.59 Å². The number of imide groups is 1. The third-order valence-electron chi connectivity index (χ3n) is 7.51. The zero-order valence-electron chi connectivity index (χ0n) is 18.4. The van der Waals surface area contributed by atoms with Crippen LogP contribution in [0.3, 0.4) is 0 Å². The van der Waals surface area contributed by atoms with Crippen LogP contribution in [0.5, 0.6) is 0 Å². The number of rotatable bonds is 4. The van der Waals surface area contributed by atoms with Gasteiger partial charge in [-0.1, -0.05) is 48.5 Å². The second-order valence-corrected chi connectivity index (χ2v) is 8.92. The Morgan fingerprint density at radius 2 is 1.50 bits per heavy atom. The smallest absolute Gasteiger partial charge is 0.338 e. The van der Waals surface area contributed by atoms with Gasteiger partial charge in [0, 0.05) is 5.92 Å². The van der Waals surface area contributed by atoms with Gasteiger partial charge in [-0.05, 0) is 53.4 Å². The summed E-state index contributed by atoms with van der Waals surface area (Å²) in [5.41, 5.74) is 2.95. The normalized spacial score (nSPS) is 26.0. The average Bonchev–Trinajstić information content (AvgIpc) is 3.15. The quantitative estimate of drug-likeness (QED) is 0.344. The van der Waals surface area contributed by atoms with E-state index >= 15 is 0 Å². The van der Waals surface area contributed by atoms with E-state index in [-0.39, 0.29) is 24.3 Å². The van der Waals surface area contributed by atoms with E-state index < -0.39 is 23.2 Å². The van der Waals surface area contributed by atoms with E-state index in [9.17, 15) is 19.2 Å². The Morgan fingerprint density at radius 3 is 2.06 bits per heavy atom. The number of hydrogen-bond donors (Lipinski definition) is 0. The lowest BCUT2D eigenvalue weighted by atomic mass is 9.48. The highest BCUT2D eigenvalue weighted by atomic mass is 16.5. The molecule has 1 aliphatic heterocycles. The maximum absolute atomic E-state index is 13.9. The number of ether oxygens (including phenoxy) is 1. The molecule has 0 N–H and O–H groups in total. The van der Waals surface area contributed by atoms with Gasteiger partial charge in [0.15, 0.2) is 0 Å². The molecule has 0 aromatic heterocycles. The largest absolute Gasteiger partial charge is 0.462 e. The molecule has 4 aliphatic rings. The number of amides is 2. The highest BCUT2D eigenvalue weighted by Gasteiger charge is 2.68. The van der Waals surface area contributed by atoms with Crippen molar-refractivity contribution in [2.24, 2.45) is 11.8 Å². The monoisotopic (exact) mass is 451 g/mol. The summed E-state index contributed by atoms with van der Waals surface area (Å²) in [4.78, 5) is 53.9. The van der Waals surface area contributed by atoms with Crippen LogP contribution in [0.1, 0.15) is 45.5 Å². The molecule has 2 bridgehead atoms. The van der Waals surface area contributed by atoms with E-state index in [1.54, 1.807) is 31.2 Å². The molecule has 0 radical (unpaired) electrons. The number of anilines is 1. The number of nitrogens with zero attached hydrogens (tertiary/aromatic N) is 1. The Kier molecular flexibility index (Phi) is 4.36. The van der Waals surface area contributed by atoms with E-state index in [1.807, 2.05) is 48.5 Å². The molecule has 34 heavy (non-hydrogen) atoms. The van der Waals surface area contributed by atoms with Crippen molar-refractivity contribution in [3.63, 3.8) is 0 Å². The summed E-state index contributed by atoms with van der Waals surface area (Å²) in [6.07, 6.45) is 0.857. The van der Waals surface area contributed by atoms with E-state index in [1.165, 1.54) is 4.90 Å². The van der Waals surface area contributed by atoms with Crippen LogP contribution in [-0.4, -0.2) is 30.7 Å². The molecule has 1 saturated heterocycles. The predicted molar refractivity (Wildman–Crippen MR) is 123 cm³/mol. The van der Waals surface area contributed by atoms with Gasteiger partial charge in [0.05, 0.1) is 35.1 Å². The number of esters is 1. The summed E-state index contributed by atoms with van der Waals surface area (Å²) in [5.74, 6) is -2.98. The molecule has 0 saturated carbocycles. The minimum atomic E-state index is -1.22. The van der Waals surface area contributed by atoms with Crippen LogP contribution in [0.25, 0.3) is 0 Å². The number of aldehydes is 1. The van der Waals surface area contributed by atoms with Crippen molar-refractivity contribution in [3.05, 3.63) is 101 Å². The van der Waals surface area contributed by atoms with Crippen molar-refractivity contribution in [1.29, 1.82) is 0 Å². The summed E-state index contributed by atoms with van der Waals surface area (Å²) in [6, 6.07) is 21.5. The Bertz CT molecular complexity index is 1330. The van der Waals surface area contributed by atoms with Gasteiger partial charge >= 0.3 is 5.97 Å². The van der Waals surface area contributed by atoms with Gasteiger partial charge in [-0.15, -0.1) is 0 Å². The zero-order valence-corrected chi connectivity index (χ0v) is 18.4. The molecule has 2 amide bonds. The molecular weight excluding hydrogens is 430 g/mol. The molecular formula is C28H21NO5. The minimum absolute atomic E-state index is 0.253. The van der Waals surface area contributed by atoms with Crippen LogP contribution in [0.4, 0.5) is 5.69 Å². The molecule has 6 heteroatoms. The van der Waals surface area contributed by atoms with Gasteiger partial charge in [-0.2, -0.15) is 0 Å². The third-order valence-corrected chi connectivity index (χ3v) is 7.51. The second-order valence-electron chi connectivity index (χ2n) is 8.92. The number of benzene rings is 3. The van der Waals surface area contributed by atoms with Crippen molar-refractivity contribution in [3.8, 4) is 0 Å². The van der Waals surface area contributed by atoms with Crippen LogP contribution < -0.4 is 4.90 Å². The van der Waals surface area contributed by atoms with Gasteiger partial charge in [0.2, 0.25) is 11.8 Å². The first kappa shape index (κ1) is 20.5. The first-order valence-corrected chi connectivity index (χ1v) is 11.3. The van der Waals surface area contributed by atoms with Gasteiger partial charge in [-0.25, -0.2) is 9.69 Å². The summed E-state index contributed by atoms with van der Waals surface area (Å²) in [7, 11) is 0. The zero-order chi connectivity index (χ0) is 23.6. The molecule has 2 atom stereocenters. The molecule has 6 nitrogen and oxygen atoms in total. The fourth-order valence-corrected chi connectivity index (χ4v) is 6.25. The van der Waals surface area contributed by atoms with Crippen LogP contribution in [0.15, 0.2) is 72.8 Å². The fraction of sp³-hybridized carbons (Fsp3) is 0.214. The molecule has 3 aromatic carbocycles. The van der Waals surface area contributed by atoms with Crippen molar-refractivity contribution in [1.82, 2.24) is 0 Å².